The summed E-state index contributed by atoms with van der Waals surface area (Å²) in [5.41, 5.74) is 2.92. The minimum Gasteiger partial charge on any atom is -1.00 e. The summed E-state index contributed by atoms with van der Waals surface area (Å²) >= 11 is 0. The molecule has 0 N–H and O–H groups in total. The van der Waals surface area contributed by atoms with E-state index in [1.165, 1.54) is 48.2 Å². The zero-order chi connectivity index (χ0) is 15.9. The smallest absolute Gasteiger partial charge is 0.132 e. The standard InChI is InChI=1S/C19H36N2.2HI/c1-7-20(5,8-2)17-11-12-18-13-15-19(16-14-18)21(6,9-3)10-4;;/h13-16H,7-12,17H2,1-6H3;2*1H/q+2;;/p-2. The molecule has 0 unspecified atom stereocenters. The Morgan fingerprint density at radius 2 is 1.22 bits per heavy atom. The highest BCUT2D eigenvalue weighted by Gasteiger charge is 2.20. The van der Waals surface area contributed by atoms with Crippen LogP contribution in [0.4, 0.5) is 5.69 Å². The Balaban J connectivity index is 0. The molecule has 0 aliphatic rings. The zero-order valence-electron chi connectivity index (χ0n) is 15.9. The van der Waals surface area contributed by atoms with Gasteiger partial charge in [0.05, 0.1) is 46.8 Å². The second kappa shape index (κ2) is 12.0. The van der Waals surface area contributed by atoms with E-state index in [9.17, 15) is 0 Å². The molecule has 136 valence electrons. The fourth-order valence-electron chi connectivity index (χ4n) is 2.82. The lowest BCUT2D eigenvalue weighted by atomic mass is 10.1. The SMILES string of the molecule is CC[N+](C)(CC)CCCc1ccc([N+](C)(CC)CC)cc1.[I-].[I-]. The van der Waals surface area contributed by atoms with Crippen molar-refractivity contribution < 1.29 is 52.4 Å². The average molecular weight is 546 g/mol. The minimum atomic E-state index is 0. The van der Waals surface area contributed by atoms with Crippen LogP contribution in [0.25, 0.3) is 0 Å². The third-order valence-corrected chi connectivity index (χ3v) is 5.65. The Kier molecular flexibility index (Phi) is 13.5. The lowest BCUT2D eigenvalue weighted by molar-refractivity contribution is -0.906. The topological polar surface area (TPSA) is 0 Å². The quantitative estimate of drug-likeness (QED) is 0.251. The minimum absolute atomic E-state index is 0. The summed E-state index contributed by atoms with van der Waals surface area (Å²) in [5.74, 6) is 0. The lowest BCUT2D eigenvalue weighted by Crippen LogP contribution is -3.00. The van der Waals surface area contributed by atoms with Gasteiger partial charge < -0.3 is 52.4 Å². The third kappa shape index (κ3) is 7.57. The number of rotatable bonds is 9. The van der Waals surface area contributed by atoms with E-state index in [-0.39, 0.29) is 48.0 Å². The van der Waals surface area contributed by atoms with Crippen molar-refractivity contribution in [2.24, 2.45) is 0 Å². The highest BCUT2D eigenvalue weighted by atomic mass is 127. The molecular formula is C19H36I2N2. The van der Waals surface area contributed by atoms with Crippen molar-refractivity contribution in [3.05, 3.63) is 29.8 Å². The van der Waals surface area contributed by atoms with E-state index >= 15 is 0 Å². The van der Waals surface area contributed by atoms with Crippen LogP contribution in [0.15, 0.2) is 24.3 Å². The molecule has 1 aromatic rings. The molecule has 0 saturated carbocycles. The van der Waals surface area contributed by atoms with Gasteiger partial charge in [0, 0.05) is 6.42 Å². The van der Waals surface area contributed by atoms with Gasteiger partial charge in [0.2, 0.25) is 0 Å². The number of nitrogens with zero attached hydrogens (tertiary/aromatic N) is 2. The number of quaternary nitrogens is 2. The summed E-state index contributed by atoms with van der Waals surface area (Å²) in [6.07, 6.45) is 2.49. The Morgan fingerprint density at radius 3 is 1.61 bits per heavy atom. The van der Waals surface area contributed by atoms with Crippen LogP contribution in [0.2, 0.25) is 0 Å². The molecule has 2 nitrogen and oxygen atoms in total. The van der Waals surface area contributed by atoms with Crippen LogP contribution in [-0.4, -0.2) is 51.3 Å². The Morgan fingerprint density at radius 1 is 0.739 bits per heavy atom. The van der Waals surface area contributed by atoms with Crippen LogP contribution in [0.1, 0.15) is 39.7 Å². The lowest BCUT2D eigenvalue weighted by Gasteiger charge is -2.32. The Labute approximate surface area is 178 Å². The highest BCUT2D eigenvalue weighted by molar-refractivity contribution is 5.43. The van der Waals surface area contributed by atoms with Crippen molar-refractivity contribution >= 4 is 5.69 Å². The molecule has 23 heavy (non-hydrogen) atoms. The van der Waals surface area contributed by atoms with Gasteiger partial charge in [-0.2, -0.15) is 0 Å². The molecule has 0 aliphatic carbocycles. The number of benzene rings is 1. The van der Waals surface area contributed by atoms with Crippen molar-refractivity contribution in [3.8, 4) is 0 Å². The van der Waals surface area contributed by atoms with Crippen molar-refractivity contribution in [3.63, 3.8) is 0 Å². The van der Waals surface area contributed by atoms with Gasteiger partial charge in [-0.3, -0.25) is 4.48 Å². The molecule has 1 rings (SSSR count). The molecule has 0 aliphatic heterocycles. The van der Waals surface area contributed by atoms with Crippen molar-refractivity contribution in [1.29, 1.82) is 0 Å². The van der Waals surface area contributed by atoms with E-state index in [1.807, 2.05) is 0 Å². The maximum Gasteiger partial charge on any atom is 0.132 e. The predicted octanol–water partition coefficient (Wildman–Crippen LogP) is -1.91. The first-order chi connectivity index (χ1) is 9.93. The van der Waals surface area contributed by atoms with Crippen LogP contribution in [-0.2, 0) is 6.42 Å². The van der Waals surface area contributed by atoms with Crippen LogP contribution >= 0.6 is 0 Å². The molecule has 0 atom stereocenters. The van der Waals surface area contributed by atoms with Gasteiger partial charge >= 0.3 is 0 Å². The fraction of sp³-hybridized carbons (Fsp3) is 0.684. The number of aryl methyl sites for hydroxylation is 1. The summed E-state index contributed by atoms with van der Waals surface area (Å²) < 4.78 is 2.22. The summed E-state index contributed by atoms with van der Waals surface area (Å²) in [4.78, 5) is 0. The van der Waals surface area contributed by atoms with E-state index in [2.05, 4.69) is 66.1 Å². The monoisotopic (exact) mass is 546 g/mol. The number of hydrogen-bond donors (Lipinski definition) is 0. The molecule has 0 amide bonds. The van der Waals surface area contributed by atoms with Crippen molar-refractivity contribution in [2.75, 3.05) is 46.8 Å². The molecule has 0 spiro atoms. The molecule has 1 aromatic carbocycles. The first-order valence-electron chi connectivity index (χ1n) is 8.70. The maximum absolute atomic E-state index is 2.37. The summed E-state index contributed by atoms with van der Waals surface area (Å²) in [6, 6.07) is 9.32. The molecule has 0 aromatic heterocycles. The van der Waals surface area contributed by atoms with E-state index in [4.69, 9.17) is 0 Å². The van der Waals surface area contributed by atoms with Gasteiger partial charge in [-0.05, 0) is 51.8 Å². The van der Waals surface area contributed by atoms with Gasteiger partial charge in [0.1, 0.15) is 5.69 Å². The van der Waals surface area contributed by atoms with Gasteiger partial charge in [-0.15, -0.1) is 0 Å². The molecule has 0 saturated heterocycles. The summed E-state index contributed by atoms with van der Waals surface area (Å²) in [5, 5.41) is 0. The van der Waals surface area contributed by atoms with Crippen molar-refractivity contribution in [2.45, 2.75) is 40.5 Å². The average Bonchev–Trinajstić information content (AvgIpc) is 2.54. The Bertz CT molecular complexity index is 410. The van der Waals surface area contributed by atoms with Gasteiger partial charge in [0.15, 0.2) is 0 Å². The van der Waals surface area contributed by atoms with Gasteiger partial charge in [-0.25, -0.2) is 0 Å². The Hall–Kier alpha value is 0.600. The van der Waals surface area contributed by atoms with E-state index < -0.39 is 0 Å². The van der Waals surface area contributed by atoms with Crippen LogP contribution in [0.5, 0.6) is 0 Å². The second-order valence-corrected chi connectivity index (χ2v) is 6.77. The second-order valence-electron chi connectivity index (χ2n) is 6.77. The molecule has 0 radical (unpaired) electrons. The summed E-state index contributed by atoms with van der Waals surface area (Å²) in [7, 11) is 4.69. The van der Waals surface area contributed by atoms with E-state index in [0.29, 0.717) is 0 Å². The molecule has 0 heterocycles. The first kappa shape index (κ1) is 25.8. The van der Waals surface area contributed by atoms with E-state index in [0.717, 1.165) is 17.6 Å². The molecule has 4 heteroatoms. The maximum atomic E-state index is 2.37. The molecule has 0 fully saturated rings. The largest absolute Gasteiger partial charge is 1.00 e. The first-order valence-corrected chi connectivity index (χ1v) is 8.70. The molecular weight excluding hydrogens is 510 g/mol. The number of halogens is 2. The fourth-order valence-corrected chi connectivity index (χ4v) is 2.82. The third-order valence-electron chi connectivity index (χ3n) is 5.65. The molecule has 0 bridgehead atoms. The van der Waals surface area contributed by atoms with Crippen LogP contribution in [0, 0.1) is 0 Å². The predicted molar refractivity (Wildman–Crippen MR) is 95.7 cm³/mol. The van der Waals surface area contributed by atoms with Gasteiger partial charge in [-0.1, -0.05) is 12.1 Å². The summed E-state index contributed by atoms with van der Waals surface area (Å²) in [6.45, 7) is 15.2. The van der Waals surface area contributed by atoms with Crippen molar-refractivity contribution in [1.82, 2.24) is 4.48 Å². The number of hydrogen-bond acceptors (Lipinski definition) is 0. The van der Waals surface area contributed by atoms with Crippen LogP contribution < -0.4 is 52.4 Å². The van der Waals surface area contributed by atoms with Gasteiger partial charge in [0.25, 0.3) is 0 Å². The van der Waals surface area contributed by atoms with E-state index in [1.54, 1.807) is 0 Å². The van der Waals surface area contributed by atoms with Crippen LogP contribution in [0.3, 0.4) is 0 Å². The highest BCUT2D eigenvalue weighted by Crippen LogP contribution is 2.21. The normalized spacial score (nSPS) is 11.6. The zero-order valence-corrected chi connectivity index (χ0v) is 20.2.